The second-order valence-corrected chi connectivity index (χ2v) is 4.07. The Balaban J connectivity index is 2.83. The number of esters is 1. The molecule has 1 rings (SSSR count). The minimum atomic E-state index is -0.454. The highest BCUT2D eigenvalue weighted by molar-refractivity contribution is 9.10. The highest BCUT2D eigenvalue weighted by Crippen LogP contribution is 2.21. The SMILES string of the molecule is CCCOCn1nc(C(=O)OC)c(Br)c1C. The van der Waals surface area contributed by atoms with Crippen molar-refractivity contribution in [3.63, 3.8) is 0 Å². The van der Waals surface area contributed by atoms with E-state index < -0.39 is 5.97 Å². The van der Waals surface area contributed by atoms with Crippen LogP contribution in [0.3, 0.4) is 0 Å². The van der Waals surface area contributed by atoms with Crippen LogP contribution in [0.25, 0.3) is 0 Å². The summed E-state index contributed by atoms with van der Waals surface area (Å²) in [5.74, 6) is -0.454. The Bertz CT molecular complexity index is 376. The molecule has 0 aliphatic heterocycles. The number of nitrogens with zero attached hydrogens (tertiary/aromatic N) is 2. The third kappa shape index (κ3) is 2.82. The third-order valence-corrected chi connectivity index (χ3v) is 3.02. The van der Waals surface area contributed by atoms with Gasteiger partial charge in [-0.15, -0.1) is 0 Å². The molecule has 1 aromatic rings. The van der Waals surface area contributed by atoms with Crippen LogP contribution in [0.1, 0.15) is 29.5 Å². The molecule has 0 unspecified atom stereocenters. The Morgan fingerprint density at radius 2 is 2.25 bits per heavy atom. The quantitative estimate of drug-likeness (QED) is 0.616. The molecule has 0 saturated heterocycles. The van der Waals surface area contributed by atoms with E-state index in [0.29, 0.717) is 17.8 Å². The van der Waals surface area contributed by atoms with Crippen LogP contribution in [0.4, 0.5) is 0 Å². The summed E-state index contributed by atoms with van der Waals surface area (Å²) in [4.78, 5) is 11.4. The molecule has 0 N–H and O–H groups in total. The molecular weight excluding hydrogens is 276 g/mol. The van der Waals surface area contributed by atoms with E-state index in [4.69, 9.17) is 4.74 Å². The second kappa shape index (κ2) is 6.00. The normalized spacial score (nSPS) is 10.5. The van der Waals surface area contributed by atoms with Crippen molar-refractivity contribution >= 4 is 21.9 Å². The molecule has 90 valence electrons. The molecule has 0 aromatic carbocycles. The Labute approximate surface area is 103 Å². The first-order valence-corrected chi connectivity index (χ1v) is 5.80. The highest BCUT2D eigenvalue weighted by Gasteiger charge is 2.19. The lowest BCUT2D eigenvalue weighted by Gasteiger charge is -2.04. The molecule has 0 aliphatic carbocycles. The first-order valence-electron chi connectivity index (χ1n) is 5.00. The highest BCUT2D eigenvalue weighted by atomic mass is 79.9. The standard InChI is InChI=1S/C10H15BrN2O3/c1-4-5-16-6-13-7(2)8(11)9(12-13)10(14)15-3/h4-6H2,1-3H3. The number of rotatable bonds is 5. The molecule has 0 saturated carbocycles. The van der Waals surface area contributed by atoms with E-state index in [2.05, 4.69) is 25.8 Å². The maximum atomic E-state index is 11.4. The van der Waals surface area contributed by atoms with Crippen LogP contribution in [0.2, 0.25) is 0 Å². The van der Waals surface area contributed by atoms with E-state index in [9.17, 15) is 4.79 Å². The maximum Gasteiger partial charge on any atom is 0.359 e. The zero-order valence-corrected chi connectivity index (χ0v) is 11.2. The summed E-state index contributed by atoms with van der Waals surface area (Å²) in [5, 5.41) is 4.12. The molecule has 0 atom stereocenters. The van der Waals surface area contributed by atoms with Gasteiger partial charge in [0.25, 0.3) is 0 Å². The predicted molar refractivity (Wildman–Crippen MR) is 62.2 cm³/mol. The van der Waals surface area contributed by atoms with E-state index in [1.807, 2.05) is 13.8 Å². The number of carbonyl (C=O) groups is 1. The summed E-state index contributed by atoms with van der Waals surface area (Å²) in [7, 11) is 1.33. The molecule has 5 nitrogen and oxygen atoms in total. The smallest absolute Gasteiger partial charge is 0.359 e. The maximum absolute atomic E-state index is 11.4. The lowest BCUT2D eigenvalue weighted by Crippen LogP contribution is -2.08. The summed E-state index contributed by atoms with van der Waals surface area (Å²) < 4.78 is 12.3. The summed E-state index contributed by atoms with van der Waals surface area (Å²) in [6, 6.07) is 0. The van der Waals surface area contributed by atoms with Crippen LogP contribution in [-0.2, 0) is 16.2 Å². The Hall–Kier alpha value is -0.880. The van der Waals surface area contributed by atoms with Crippen molar-refractivity contribution < 1.29 is 14.3 Å². The number of methoxy groups -OCH3 is 1. The predicted octanol–water partition coefficient (Wildman–Crippen LogP) is 2.12. The van der Waals surface area contributed by atoms with E-state index in [1.165, 1.54) is 7.11 Å². The second-order valence-electron chi connectivity index (χ2n) is 3.28. The monoisotopic (exact) mass is 290 g/mol. The molecule has 6 heteroatoms. The minimum absolute atomic E-state index is 0.278. The fraction of sp³-hybridized carbons (Fsp3) is 0.600. The number of halogens is 1. The van der Waals surface area contributed by atoms with Crippen LogP contribution in [0, 0.1) is 6.92 Å². The number of hydrogen-bond donors (Lipinski definition) is 0. The van der Waals surface area contributed by atoms with Gasteiger partial charge < -0.3 is 9.47 Å². The summed E-state index contributed by atoms with van der Waals surface area (Å²) in [5.41, 5.74) is 1.12. The van der Waals surface area contributed by atoms with Gasteiger partial charge in [0.2, 0.25) is 0 Å². The molecule has 0 bridgehead atoms. The van der Waals surface area contributed by atoms with Crippen LogP contribution < -0.4 is 0 Å². The van der Waals surface area contributed by atoms with Gasteiger partial charge in [0.15, 0.2) is 5.69 Å². The zero-order chi connectivity index (χ0) is 12.1. The molecular formula is C10H15BrN2O3. The number of ether oxygens (including phenoxy) is 2. The summed E-state index contributed by atoms with van der Waals surface area (Å²) in [6.45, 7) is 4.91. The van der Waals surface area contributed by atoms with Gasteiger partial charge in [-0.2, -0.15) is 5.10 Å². The van der Waals surface area contributed by atoms with Gasteiger partial charge in [0, 0.05) is 6.61 Å². The molecule has 0 amide bonds. The molecule has 1 heterocycles. The molecule has 0 radical (unpaired) electrons. The number of carbonyl (C=O) groups excluding carboxylic acids is 1. The zero-order valence-electron chi connectivity index (χ0n) is 9.62. The first-order chi connectivity index (χ1) is 7.61. The van der Waals surface area contributed by atoms with E-state index in [-0.39, 0.29) is 5.69 Å². The number of aromatic nitrogens is 2. The largest absolute Gasteiger partial charge is 0.464 e. The third-order valence-electron chi connectivity index (χ3n) is 2.07. The van der Waals surface area contributed by atoms with Gasteiger partial charge in [-0.25, -0.2) is 9.48 Å². The first kappa shape index (κ1) is 13.2. The minimum Gasteiger partial charge on any atom is -0.464 e. The summed E-state index contributed by atoms with van der Waals surface area (Å²) >= 11 is 3.31. The van der Waals surface area contributed by atoms with Gasteiger partial charge in [0.05, 0.1) is 17.3 Å². The van der Waals surface area contributed by atoms with Crippen LogP contribution in [-0.4, -0.2) is 29.5 Å². The van der Waals surface area contributed by atoms with Gasteiger partial charge in [0.1, 0.15) is 6.73 Å². The lowest BCUT2D eigenvalue weighted by atomic mass is 10.4. The molecule has 0 fully saturated rings. The van der Waals surface area contributed by atoms with Crippen molar-refractivity contribution in [3.05, 3.63) is 15.9 Å². The van der Waals surface area contributed by atoms with Crippen molar-refractivity contribution in [2.45, 2.75) is 27.0 Å². The average molecular weight is 291 g/mol. The van der Waals surface area contributed by atoms with E-state index in [1.54, 1.807) is 4.68 Å². The Kier molecular flexibility index (Phi) is 4.95. The van der Waals surface area contributed by atoms with Gasteiger partial charge in [-0.1, -0.05) is 6.92 Å². The molecule has 16 heavy (non-hydrogen) atoms. The van der Waals surface area contributed by atoms with Crippen molar-refractivity contribution in [3.8, 4) is 0 Å². The summed E-state index contributed by atoms with van der Waals surface area (Å²) in [6.07, 6.45) is 0.950. The fourth-order valence-corrected chi connectivity index (χ4v) is 1.62. The van der Waals surface area contributed by atoms with E-state index >= 15 is 0 Å². The van der Waals surface area contributed by atoms with Gasteiger partial charge >= 0.3 is 5.97 Å². The van der Waals surface area contributed by atoms with E-state index in [0.717, 1.165) is 12.1 Å². The lowest BCUT2D eigenvalue weighted by molar-refractivity contribution is 0.0573. The topological polar surface area (TPSA) is 53.4 Å². The fourth-order valence-electron chi connectivity index (χ4n) is 1.17. The van der Waals surface area contributed by atoms with Crippen LogP contribution in [0.15, 0.2) is 4.47 Å². The van der Waals surface area contributed by atoms with Gasteiger partial charge in [-0.05, 0) is 29.3 Å². The van der Waals surface area contributed by atoms with Crippen molar-refractivity contribution in [1.82, 2.24) is 9.78 Å². The van der Waals surface area contributed by atoms with Crippen LogP contribution >= 0.6 is 15.9 Å². The van der Waals surface area contributed by atoms with Crippen LogP contribution in [0.5, 0.6) is 0 Å². The Morgan fingerprint density at radius 3 is 2.81 bits per heavy atom. The van der Waals surface area contributed by atoms with Crippen molar-refractivity contribution in [1.29, 1.82) is 0 Å². The number of hydrogen-bond acceptors (Lipinski definition) is 4. The van der Waals surface area contributed by atoms with Gasteiger partial charge in [-0.3, -0.25) is 0 Å². The van der Waals surface area contributed by atoms with Crippen molar-refractivity contribution in [2.75, 3.05) is 13.7 Å². The Morgan fingerprint density at radius 1 is 1.56 bits per heavy atom. The molecule has 0 aliphatic rings. The molecule has 1 aromatic heterocycles. The van der Waals surface area contributed by atoms with Crippen molar-refractivity contribution in [2.24, 2.45) is 0 Å². The average Bonchev–Trinajstić information content (AvgIpc) is 2.57. The molecule has 0 spiro atoms.